The van der Waals surface area contributed by atoms with Crippen molar-refractivity contribution in [3.63, 3.8) is 0 Å². The van der Waals surface area contributed by atoms with Gasteiger partial charge >= 0.3 is 0 Å². The van der Waals surface area contributed by atoms with Crippen LogP contribution < -0.4 is 15.8 Å². The van der Waals surface area contributed by atoms with Crippen molar-refractivity contribution >= 4 is 17.3 Å². The van der Waals surface area contributed by atoms with E-state index in [9.17, 15) is 9.18 Å². The number of amides is 1. The zero-order valence-electron chi connectivity index (χ0n) is 13.2. The van der Waals surface area contributed by atoms with Crippen LogP contribution in [-0.2, 0) is 4.79 Å². The Labute approximate surface area is 125 Å². The van der Waals surface area contributed by atoms with Crippen LogP contribution in [0.5, 0.6) is 5.75 Å². The molecular weight excluding hydrogens is 273 g/mol. The average Bonchev–Trinajstić information content (AvgIpc) is 2.41. The van der Waals surface area contributed by atoms with Crippen LogP contribution in [0.1, 0.15) is 27.7 Å². The number of carbonyl (C=O) groups excluding carboxylic acids is 1. The molecule has 0 aromatic heterocycles. The first-order chi connectivity index (χ1) is 9.76. The summed E-state index contributed by atoms with van der Waals surface area (Å²) in [6, 6.07) is 2.22. The molecule has 1 atom stereocenters. The second kappa shape index (κ2) is 7.15. The Balaban J connectivity index is 2.95. The molecule has 1 aromatic carbocycles. The number of ether oxygens (including phenoxy) is 1. The van der Waals surface area contributed by atoms with Gasteiger partial charge < -0.3 is 20.7 Å². The molecule has 3 N–H and O–H groups in total. The summed E-state index contributed by atoms with van der Waals surface area (Å²) in [4.78, 5) is 13.6. The zero-order valence-corrected chi connectivity index (χ0v) is 13.2. The van der Waals surface area contributed by atoms with Crippen molar-refractivity contribution in [2.45, 2.75) is 39.8 Å². The van der Waals surface area contributed by atoms with Gasteiger partial charge in [0.25, 0.3) is 0 Å². The van der Waals surface area contributed by atoms with E-state index >= 15 is 0 Å². The third-order valence-electron chi connectivity index (χ3n) is 3.06. The summed E-state index contributed by atoms with van der Waals surface area (Å²) in [7, 11) is 1.72. The first kappa shape index (κ1) is 17.1. The minimum absolute atomic E-state index is 0.0625. The van der Waals surface area contributed by atoms with Crippen molar-refractivity contribution in [2.75, 3.05) is 24.6 Å². The lowest BCUT2D eigenvalue weighted by molar-refractivity contribution is -0.130. The molecule has 0 saturated heterocycles. The molecule has 1 unspecified atom stereocenters. The molecular formula is C15H24FN3O2. The maximum Gasteiger partial charge on any atom is 0.244 e. The van der Waals surface area contributed by atoms with Gasteiger partial charge in [-0.25, -0.2) is 4.39 Å². The quantitative estimate of drug-likeness (QED) is 0.792. The molecule has 0 radical (unpaired) electrons. The highest BCUT2D eigenvalue weighted by Crippen LogP contribution is 2.29. The minimum Gasteiger partial charge on any atom is -0.488 e. The van der Waals surface area contributed by atoms with Gasteiger partial charge in [0.1, 0.15) is 6.04 Å². The average molecular weight is 297 g/mol. The first-order valence-electron chi connectivity index (χ1n) is 7.03. The summed E-state index contributed by atoms with van der Waals surface area (Å²) in [6.07, 6.45) is -0.152. The van der Waals surface area contributed by atoms with Gasteiger partial charge in [0.05, 0.1) is 17.5 Å². The van der Waals surface area contributed by atoms with Gasteiger partial charge in [-0.3, -0.25) is 4.79 Å². The number of nitrogen functional groups attached to an aromatic ring is 1. The third kappa shape index (κ3) is 4.51. The highest BCUT2D eigenvalue weighted by Gasteiger charge is 2.18. The van der Waals surface area contributed by atoms with Crippen molar-refractivity contribution < 1.29 is 13.9 Å². The molecule has 1 amide bonds. The van der Waals surface area contributed by atoms with Gasteiger partial charge in [-0.1, -0.05) is 0 Å². The second-order valence-corrected chi connectivity index (χ2v) is 5.25. The van der Waals surface area contributed by atoms with Gasteiger partial charge in [-0.15, -0.1) is 0 Å². The Bertz CT molecular complexity index is 506. The molecule has 0 spiro atoms. The van der Waals surface area contributed by atoms with Gasteiger partial charge in [0.2, 0.25) is 5.91 Å². The normalized spacial score (nSPS) is 12.1. The highest BCUT2D eigenvalue weighted by atomic mass is 19.1. The molecule has 0 heterocycles. The molecule has 1 rings (SSSR count). The van der Waals surface area contributed by atoms with Crippen molar-refractivity contribution in [3.05, 3.63) is 17.9 Å². The van der Waals surface area contributed by atoms with E-state index in [-0.39, 0.29) is 23.4 Å². The van der Waals surface area contributed by atoms with Crippen molar-refractivity contribution in [1.29, 1.82) is 0 Å². The lowest BCUT2D eigenvalue weighted by Crippen LogP contribution is -2.39. The van der Waals surface area contributed by atoms with E-state index in [0.717, 1.165) is 0 Å². The fourth-order valence-electron chi connectivity index (χ4n) is 1.82. The molecule has 6 heteroatoms. The van der Waals surface area contributed by atoms with E-state index < -0.39 is 11.9 Å². The molecule has 118 valence electrons. The second-order valence-electron chi connectivity index (χ2n) is 5.25. The van der Waals surface area contributed by atoms with Crippen molar-refractivity contribution in [2.24, 2.45) is 0 Å². The van der Waals surface area contributed by atoms with Crippen LogP contribution in [0.3, 0.4) is 0 Å². The molecule has 0 aliphatic rings. The summed E-state index contributed by atoms with van der Waals surface area (Å²) < 4.78 is 19.1. The molecule has 5 nitrogen and oxygen atoms in total. The number of nitrogens with zero attached hydrogens (tertiary/aromatic N) is 1. The first-order valence-corrected chi connectivity index (χ1v) is 7.03. The summed E-state index contributed by atoms with van der Waals surface area (Å²) in [5, 5.41) is 3.00. The van der Waals surface area contributed by atoms with E-state index in [1.165, 1.54) is 12.1 Å². The number of nitrogens with two attached hydrogens (primary N) is 1. The summed E-state index contributed by atoms with van der Waals surface area (Å²) in [6.45, 7) is 7.87. The Morgan fingerprint density at radius 1 is 1.43 bits per heavy atom. The predicted molar refractivity (Wildman–Crippen MR) is 83.0 cm³/mol. The molecule has 0 aliphatic carbocycles. The van der Waals surface area contributed by atoms with Crippen molar-refractivity contribution in [3.8, 4) is 5.75 Å². The number of hydrogen-bond donors (Lipinski definition) is 2. The number of carbonyl (C=O) groups is 1. The van der Waals surface area contributed by atoms with E-state index in [4.69, 9.17) is 10.5 Å². The van der Waals surface area contributed by atoms with Crippen molar-refractivity contribution in [1.82, 2.24) is 4.90 Å². The SMILES string of the molecule is CCN(C)C(=O)C(C)Nc1cc(OC(C)C)c(F)cc1N. The number of halogens is 1. The molecule has 0 aliphatic heterocycles. The monoisotopic (exact) mass is 297 g/mol. The molecule has 0 bridgehead atoms. The number of rotatable bonds is 6. The standard InChI is InChI=1S/C15H24FN3O2/c1-6-19(5)15(20)10(4)18-13-8-14(21-9(2)3)11(16)7-12(13)17/h7-10,18H,6,17H2,1-5H3. The van der Waals surface area contributed by atoms with Crippen LogP contribution in [0.15, 0.2) is 12.1 Å². The van der Waals surface area contributed by atoms with Gasteiger partial charge in [-0.2, -0.15) is 0 Å². The summed E-state index contributed by atoms with van der Waals surface area (Å²) in [5.74, 6) is -0.464. The Morgan fingerprint density at radius 2 is 2.05 bits per heavy atom. The predicted octanol–water partition coefficient (Wildman–Crippen LogP) is 2.47. The number of nitrogens with one attached hydrogen (secondary N) is 1. The zero-order chi connectivity index (χ0) is 16.2. The van der Waals surface area contributed by atoms with Gasteiger partial charge in [0.15, 0.2) is 11.6 Å². The number of benzene rings is 1. The van der Waals surface area contributed by atoms with Gasteiger partial charge in [-0.05, 0) is 27.7 Å². The maximum absolute atomic E-state index is 13.8. The van der Waals surface area contributed by atoms with Crippen LogP contribution in [0.4, 0.5) is 15.8 Å². The van der Waals surface area contributed by atoms with Crippen LogP contribution in [0.2, 0.25) is 0 Å². The number of anilines is 2. The summed E-state index contributed by atoms with van der Waals surface area (Å²) >= 11 is 0. The van der Waals surface area contributed by atoms with E-state index in [1.807, 2.05) is 20.8 Å². The van der Waals surface area contributed by atoms with E-state index in [0.29, 0.717) is 12.2 Å². The Hall–Kier alpha value is -1.98. The smallest absolute Gasteiger partial charge is 0.244 e. The number of hydrogen-bond acceptors (Lipinski definition) is 4. The third-order valence-corrected chi connectivity index (χ3v) is 3.06. The minimum atomic E-state index is -0.517. The summed E-state index contributed by atoms with van der Waals surface area (Å²) in [5.41, 5.74) is 6.52. The number of likely N-dealkylation sites (N-methyl/N-ethyl adjacent to an activating group) is 1. The van der Waals surface area contributed by atoms with Crippen LogP contribution >= 0.6 is 0 Å². The fraction of sp³-hybridized carbons (Fsp3) is 0.533. The fourth-order valence-corrected chi connectivity index (χ4v) is 1.82. The Kier molecular flexibility index (Phi) is 5.81. The highest BCUT2D eigenvalue weighted by molar-refractivity contribution is 5.85. The molecule has 21 heavy (non-hydrogen) atoms. The van der Waals surface area contributed by atoms with E-state index in [1.54, 1.807) is 18.9 Å². The topological polar surface area (TPSA) is 67.6 Å². The largest absolute Gasteiger partial charge is 0.488 e. The van der Waals surface area contributed by atoms with Crippen LogP contribution in [-0.4, -0.2) is 36.5 Å². The lowest BCUT2D eigenvalue weighted by atomic mass is 10.2. The Morgan fingerprint density at radius 3 is 2.57 bits per heavy atom. The molecule has 0 saturated carbocycles. The van der Waals surface area contributed by atoms with Crippen LogP contribution in [0.25, 0.3) is 0 Å². The van der Waals surface area contributed by atoms with Gasteiger partial charge in [0, 0.05) is 25.7 Å². The molecule has 0 fully saturated rings. The lowest BCUT2D eigenvalue weighted by Gasteiger charge is -2.22. The maximum atomic E-state index is 13.8. The van der Waals surface area contributed by atoms with Crippen LogP contribution in [0, 0.1) is 5.82 Å². The van der Waals surface area contributed by atoms with E-state index in [2.05, 4.69) is 5.32 Å². The molecule has 1 aromatic rings.